The fourth-order valence-electron chi connectivity index (χ4n) is 1.37. The van der Waals surface area contributed by atoms with Gasteiger partial charge in [-0.15, -0.1) is 10.2 Å². The molecule has 0 radical (unpaired) electrons. The predicted molar refractivity (Wildman–Crippen MR) is 65.8 cm³/mol. The largest absolute Gasteiger partial charge is 0.384 e. The molecule has 0 saturated carbocycles. The van der Waals surface area contributed by atoms with E-state index in [2.05, 4.69) is 37.8 Å². The fraction of sp³-hybridized carbons (Fsp3) is 0.167. The molecule has 0 unspecified atom stereocenters. The van der Waals surface area contributed by atoms with E-state index >= 15 is 0 Å². The number of aromatic nitrogens is 4. The molecule has 0 aliphatic rings. The van der Waals surface area contributed by atoms with E-state index in [1.165, 1.54) is 0 Å². The number of hydrogen-bond acceptors (Lipinski definition) is 5. The third-order valence-corrected chi connectivity index (χ3v) is 2.26. The molecule has 0 saturated heterocycles. The van der Waals surface area contributed by atoms with Crippen LogP contribution in [0.1, 0.15) is 21.7 Å². The Morgan fingerprint density at radius 3 is 2.79 bits per heavy atom. The van der Waals surface area contributed by atoms with E-state index in [0.29, 0.717) is 11.4 Å². The first kappa shape index (κ1) is 12.7. The van der Waals surface area contributed by atoms with E-state index < -0.39 is 0 Å². The van der Waals surface area contributed by atoms with Gasteiger partial charge >= 0.3 is 0 Å². The summed E-state index contributed by atoms with van der Waals surface area (Å²) in [5.74, 6) is 5.47. The van der Waals surface area contributed by atoms with Gasteiger partial charge in [0.05, 0.1) is 6.54 Å². The maximum Gasteiger partial charge on any atom is 0.251 e. The van der Waals surface area contributed by atoms with E-state index in [1.807, 2.05) is 0 Å². The molecule has 1 aromatic carbocycles. The van der Waals surface area contributed by atoms with Crippen LogP contribution in [-0.2, 0) is 6.54 Å². The molecular formula is C12H11N5O2. The Kier molecular flexibility index (Phi) is 4.21. The third kappa shape index (κ3) is 3.62. The zero-order valence-electron chi connectivity index (χ0n) is 9.92. The summed E-state index contributed by atoms with van der Waals surface area (Å²) in [6.07, 6.45) is 0. The lowest BCUT2D eigenvalue weighted by molar-refractivity contribution is 0.0950. The van der Waals surface area contributed by atoms with Gasteiger partial charge in [0.15, 0.2) is 5.82 Å². The summed E-state index contributed by atoms with van der Waals surface area (Å²) in [6.45, 7) is 0.0222. The molecule has 1 amide bonds. The lowest BCUT2D eigenvalue weighted by atomic mass is 10.1. The number of H-pyrrole nitrogens is 1. The Labute approximate surface area is 109 Å². The molecule has 1 heterocycles. The normalized spacial score (nSPS) is 9.53. The lowest BCUT2D eigenvalue weighted by Crippen LogP contribution is -2.23. The van der Waals surface area contributed by atoms with Crippen LogP contribution in [0, 0.1) is 11.8 Å². The number of carbonyl (C=O) groups is 1. The minimum atomic E-state index is -0.230. The van der Waals surface area contributed by atoms with E-state index in [1.54, 1.807) is 24.3 Å². The highest BCUT2D eigenvalue weighted by Crippen LogP contribution is 2.03. The van der Waals surface area contributed by atoms with Crippen molar-refractivity contribution < 1.29 is 9.90 Å². The van der Waals surface area contributed by atoms with Crippen LogP contribution >= 0.6 is 0 Å². The summed E-state index contributed by atoms with van der Waals surface area (Å²) in [7, 11) is 0. The van der Waals surface area contributed by atoms with Crippen LogP contribution in [-0.4, -0.2) is 38.2 Å². The molecule has 7 nitrogen and oxygen atoms in total. The molecule has 0 bridgehead atoms. The molecular weight excluding hydrogens is 246 g/mol. The van der Waals surface area contributed by atoms with E-state index in [4.69, 9.17) is 5.11 Å². The first-order chi connectivity index (χ1) is 9.29. The molecule has 0 aliphatic heterocycles. The highest BCUT2D eigenvalue weighted by Gasteiger charge is 2.06. The Bertz CT molecular complexity index is 595. The average molecular weight is 257 g/mol. The Morgan fingerprint density at radius 1 is 1.37 bits per heavy atom. The zero-order valence-corrected chi connectivity index (χ0v) is 9.92. The van der Waals surface area contributed by atoms with Crippen molar-refractivity contribution in [1.82, 2.24) is 25.9 Å². The van der Waals surface area contributed by atoms with Gasteiger partial charge in [0.25, 0.3) is 5.91 Å². The maximum atomic E-state index is 11.8. The van der Waals surface area contributed by atoms with Crippen LogP contribution < -0.4 is 5.32 Å². The number of rotatable bonds is 3. The highest BCUT2D eigenvalue weighted by atomic mass is 16.2. The van der Waals surface area contributed by atoms with Crippen LogP contribution in [0.3, 0.4) is 0 Å². The van der Waals surface area contributed by atoms with Crippen LogP contribution in [0.25, 0.3) is 0 Å². The molecule has 0 atom stereocenters. The molecule has 0 fully saturated rings. The molecule has 96 valence electrons. The molecule has 2 rings (SSSR count). The van der Waals surface area contributed by atoms with Crippen molar-refractivity contribution in [3.8, 4) is 11.8 Å². The second-order valence-electron chi connectivity index (χ2n) is 3.55. The van der Waals surface area contributed by atoms with E-state index in [-0.39, 0.29) is 19.1 Å². The maximum absolute atomic E-state index is 11.8. The number of amides is 1. The predicted octanol–water partition coefficient (Wildman–Crippen LogP) is -0.527. The van der Waals surface area contributed by atoms with Gasteiger partial charge in [0.2, 0.25) is 0 Å². The lowest BCUT2D eigenvalue weighted by Gasteiger charge is -2.02. The Morgan fingerprint density at radius 2 is 2.16 bits per heavy atom. The van der Waals surface area contributed by atoms with Gasteiger partial charge < -0.3 is 10.4 Å². The standard InChI is InChI=1S/C12H11N5O2/c18-7-1-2-9-3-5-10(6-4-9)12(19)13-8-11-14-16-17-15-11/h3-6,18H,7-8H2,(H,13,19)(H,14,15,16,17). The van der Waals surface area contributed by atoms with Crippen molar-refractivity contribution in [2.75, 3.05) is 6.61 Å². The quantitative estimate of drug-likeness (QED) is 0.641. The summed E-state index contributed by atoms with van der Waals surface area (Å²) in [5.41, 5.74) is 1.25. The minimum Gasteiger partial charge on any atom is -0.384 e. The number of carbonyl (C=O) groups excluding carboxylic acids is 1. The molecule has 3 N–H and O–H groups in total. The van der Waals surface area contributed by atoms with Crippen LogP contribution in [0.15, 0.2) is 24.3 Å². The summed E-state index contributed by atoms with van der Waals surface area (Å²) in [6, 6.07) is 6.75. The molecule has 2 aromatic rings. The zero-order chi connectivity index (χ0) is 13.5. The number of aliphatic hydroxyl groups excluding tert-OH is 1. The summed E-state index contributed by atoms with van der Waals surface area (Å²) in [5, 5.41) is 24.4. The van der Waals surface area contributed by atoms with Crippen molar-refractivity contribution in [1.29, 1.82) is 0 Å². The van der Waals surface area contributed by atoms with Crippen LogP contribution in [0.2, 0.25) is 0 Å². The second kappa shape index (κ2) is 6.28. The van der Waals surface area contributed by atoms with Gasteiger partial charge in [0.1, 0.15) is 6.61 Å². The van der Waals surface area contributed by atoms with Gasteiger partial charge in [-0.3, -0.25) is 4.79 Å². The monoisotopic (exact) mass is 257 g/mol. The van der Waals surface area contributed by atoms with Gasteiger partial charge in [-0.2, -0.15) is 5.21 Å². The van der Waals surface area contributed by atoms with Crippen molar-refractivity contribution in [2.24, 2.45) is 0 Å². The van der Waals surface area contributed by atoms with Gasteiger partial charge in [0, 0.05) is 11.1 Å². The first-order valence-electron chi connectivity index (χ1n) is 5.50. The van der Waals surface area contributed by atoms with E-state index in [9.17, 15) is 4.79 Å². The first-order valence-corrected chi connectivity index (χ1v) is 5.50. The number of tetrazole rings is 1. The SMILES string of the molecule is O=C(NCc1nn[nH]n1)c1ccc(C#CCO)cc1. The topological polar surface area (TPSA) is 104 Å². The Hall–Kier alpha value is -2.72. The smallest absolute Gasteiger partial charge is 0.251 e. The number of benzene rings is 1. The summed E-state index contributed by atoms with van der Waals surface area (Å²) >= 11 is 0. The Balaban J connectivity index is 1.95. The highest BCUT2D eigenvalue weighted by molar-refractivity contribution is 5.94. The number of aromatic amines is 1. The number of nitrogens with one attached hydrogen (secondary N) is 2. The van der Waals surface area contributed by atoms with Crippen molar-refractivity contribution >= 4 is 5.91 Å². The van der Waals surface area contributed by atoms with Crippen molar-refractivity contribution in [2.45, 2.75) is 6.54 Å². The number of aliphatic hydroxyl groups is 1. The number of nitrogens with zero attached hydrogens (tertiary/aromatic N) is 3. The molecule has 7 heteroatoms. The molecule has 0 spiro atoms. The second-order valence-corrected chi connectivity index (χ2v) is 3.55. The van der Waals surface area contributed by atoms with Crippen LogP contribution in [0.4, 0.5) is 0 Å². The summed E-state index contributed by atoms with van der Waals surface area (Å²) in [4.78, 5) is 11.8. The fourth-order valence-corrected chi connectivity index (χ4v) is 1.37. The summed E-state index contributed by atoms with van der Waals surface area (Å²) < 4.78 is 0. The van der Waals surface area contributed by atoms with Gasteiger partial charge in [-0.1, -0.05) is 17.1 Å². The molecule has 19 heavy (non-hydrogen) atoms. The van der Waals surface area contributed by atoms with Gasteiger partial charge in [-0.25, -0.2) is 0 Å². The van der Waals surface area contributed by atoms with Crippen molar-refractivity contribution in [3.05, 3.63) is 41.2 Å². The average Bonchev–Trinajstić information content (AvgIpc) is 2.96. The molecule has 1 aromatic heterocycles. The van der Waals surface area contributed by atoms with Gasteiger partial charge in [-0.05, 0) is 24.3 Å². The van der Waals surface area contributed by atoms with Crippen molar-refractivity contribution in [3.63, 3.8) is 0 Å². The minimum absolute atomic E-state index is 0.188. The third-order valence-electron chi connectivity index (χ3n) is 2.26. The van der Waals surface area contributed by atoms with Crippen LogP contribution in [0.5, 0.6) is 0 Å². The molecule has 0 aliphatic carbocycles. The van der Waals surface area contributed by atoms with E-state index in [0.717, 1.165) is 5.56 Å². The number of hydrogen-bond donors (Lipinski definition) is 3.